The molecular formula is C12H21NO3. The number of methoxy groups -OCH3 is 1. The van der Waals surface area contributed by atoms with Crippen molar-refractivity contribution in [1.29, 1.82) is 0 Å². The van der Waals surface area contributed by atoms with Crippen molar-refractivity contribution >= 4 is 11.7 Å². The Labute approximate surface area is 96.9 Å². The maximum Gasteiger partial charge on any atom is 0.222 e. The van der Waals surface area contributed by atoms with E-state index in [4.69, 9.17) is 4.74 Å². The summed E-state index contributed by atoms with van der Waals surface area (Å²) in [5.41, 5.74) is 0. The van der Waals surface area contributed by atoms with Gasteiger partial charge in [-0.3, -0.25) is 9.59 Å². The average molecular weight is 227 g/mol. The fourth-order valence-corrected chi connectivity index (χ4v) is 2.09. The smallest absolute Gasteiger partial charge is 0.222 e. The van der Waals surface area contributed by atoms with Gasteiger partial charge in [-0.15, -0.1) is 0 Å². The third-order valence-electron chi connectivity index (χ3n) is 3.18. The molecular weight excluding hydrogens is 206 g/mol. The van der Waals surface area contributed by atoms with E-state index in [-0.39, 0.29) is 24.8 Å². The lowest BCUT2D eigenvalue weighted by molar-refractivity contribution is -0.136. The van der Waals surface area contributed by atoms with Crippen LogP contribution in [0.5, 0.6) is 0 Å². The molecule has 0 aromatic rings. The number of Topliss-reactive ketones (excluding diaryl/α,β-unsaturated/α-hetero) is 1. The monoisotopic (exact) mass is 227 g/mol. The highest BCUT2D eigenvalue weighted by Gasteiger charge is 2.22. The van der Waals surface area contributed by atoms with E-state index in [0.29, 0.717) is 18.9 Å². The molecule has 0 aromatic carbocycles. The van der Waals surface area contributed by atoms with Crippen LogP contribution < -0.4 is 0 Å². The molecule has 1 rings (SSSR count). The SMILES string of the molecule is CCC1CCC(=O)N(CC(=O)COC)CC1. The van der Waals surface area contributed by atoms with Crippen LogP contribution >= 0.6 is 0 Å². The predicted octanol–water partition coefficient (Wildman–Crippen LogP) is 1.24. The number of ketones is 1. The summed E-state index contributed by atoms with van der Waals surface area (Å²) >= 11 is 0. The molecule has 1 heterocycles. The quantitative estimate of drug-likeness (QED) is 0.710. The predicted molar refractivity (Wildman–Crippen MR) is 61.1 cm³/mol. The number of carbonyl (C=O) groups is 2. The van der Waals surface area contributed by atoms with Gasteiger partial charge < -0.3 is 9.64 Å². The number of rotatable bonds is 5. The standard InChI is InChI=1S/C12H21NO3/c1-3-10-4-5-12(15)13(7-6-10)8-11(14)9-16-2/h10H,3-9H2,1-2H3. The fraction of sp³-hybridized carbons (Fsp3) is 0.833. The van der Waals surface area contributed by atoms with Crippen LogP contribution in [0.25, 0.3) is 0 Å². The van der Waals surface area contributed by atoms with Crippen molar-refractivity contribution in [1.82, 2.24) is 4.90 Å². The van der Waals surface area contributed by atoms with Gasteiger partial charge in [0.2, 0.25) is 5.91 Å². The van der Waals surface area contributed by atoms with Crippen LogP contribution in [0.3, 0.4) is 0 Å². The van der Waals surface area contributed by atoms with E-state index in [1.54, 1.807) is 4.90 Å². The molecule has 4 heteroatoms. The Morgan fingerprint density at radius 1 is 1.50 bits per heavy atom. The van der Waals surface area contributed by atoms with Crippen LogP contribution in [0, 0.1) is 5.92 Å². The maximum absolute atomic E-state index is 11.7. The maximum atomic E-state index is 11.7. The van der Waals surface area contributed by atoms with Crippen molar-refractivity contribution in [3.8, 4) is 0 Å². The Morgan fingerprint density at radius 3 is 2.88 bits per heavy atom. The Kier molecular flexibility index (Phi) is 5.46. The van der Waals surface area contributed by atoms with E-state index in [1.807, 2.05) is 0 Å². The summed E-state index contributed by atoms with van der Waals surface area (Å²) < 4.78 is 4.77. The molecule has 1 unspecified atom stereocenters. The molecule has 1 aliphatic rings. The van der Waals surface area contributed by atoms with Gasteiger partial charge in [-0.05, 0) is 18.8 Å². The highest BCUT2D eigenvalue weighted by Crippen LogP contribution is 2.20. The highest BCUT2D eigenvalue weighted by molar-refractivity contribution is 5.86. The Balaban J connectivity index is 2.46. The number of amides is 1. The summed E-state index contributed by atoms with van der Waals surface area (Å²) in [6.45, 7) is 3.18. The largest absolute Gasteiger partial charge is 0.377 e. The first-order valence-electron chi connectivity index (χ1n) is 5.95. The number of carbonyl (C=O) groups excluding carboxylic acids is 2. The zero-order valence-electron chi connectivity index (χ0n) is 10.2. The van der Waals surface area contributed by atoms with E-state index < -0.39 is 0 Å². The molecule has 1 aliphatic heterocycles. The summed E-state index contributed by atoms with van der Waals surface area (Å²) in [7, 11) is 1.50. The Bertz CT molecular complexity index is 253. The lowest BCUT2D eigenvalue weighted by atomic mass is 9.98. The summed E-state index contributed by atoms with van der Waals surface area (Å²) in [6, 6.07) is 0. The van der Waals surface area contributed by atoms with Crippen molar-refractivity contribution in [2.45, 2.75) is 32.6 Å². The normalized spacial score (nSPS) is 22.0. The molecule has 1 atom stereocenters. The van der Waals surface area contributed by atoms with Gasteiger partial charge >= 0.3 is 0 Å². The first-order chi connectivity index (χ1) is 7.67. The number of ether oxygens (including phenoxy) is 1. The molecule has 1 amide bonds. The zero-order chi connectivity index (χ0) is 12.0. The van der Waals surface area contributed by atoms with Gasteiger partial charge in [0.25, 0.3) is 0 Å². The first kappa shape index (κ1) is 13.2. The van der Waals surface area contributed by atoms with E-state index in [0.717, 1.165) is 19.3 Å². The third kappa shape index (κ3) is 3.93. The number of hydrogen-bond donors (Lipinski definition) is 0. The lowest BCUT2D eigenvalue weighted by Gasteiger charge is -2.19. The van der Waals surface area contributed by atoms with E-state index in [9.17, 15) is 9.59 Å². The second-order valence-electron chi connectivity index (χ2n) is 4.39. The van der Waals surface area contributed by atoms with Crippen molar-refractivity contribution in [3.05, 3.63) is 0 Å². The van der Waals surface area contributed by atoms with Crippen LogP contribution in [0.1, 0.15) is 32.6 Å². The molecule has 4 nitrogen and oxygen atoms in total. The molecule has 0 saturated carbocycles. The van der Waals surface area contributed by atoms with Crippen LogP contribution in [-0.2, 0) is 14.3 Å². The zero-order valence-corrected chi connectivity index (χ0v) is 10.2. The van der Waals surface area contributed by atoms with Gasteiger partial charge in [-0.2, -0.15) is 0 Å². The fourth-order valence-electron chi connectivity index (χ4n) is 2.09. The van der Waals surface area contributed by atoms with E-state index in [1.165, 1.54) is 7.11 Å². The van der Waals surface area contributed by atoms with Crippen molar-refractivity contribution in [2.24, 2.45) is 5.92 Å². The molecule has 0 aromatic heterocycles. The molecule has 16 heavy (non-hydrogen) atoms. The molecule has 0 aliphatic carbocycles. The second-order valence-corrected chi connectivity index (χ2v) is 4.39. The van der Waals surface area contributed by atoms with E-state index >= 15 is 0 Å². The van der Waals surface area contributed by atoms with Crippen molar-refractivity contribution in [2.75, 3.05) is 26.8 Å². The van der Waals surface area contributed by atoms with Crippen molar-refractivity contribution < 1.29 is 14.3 Å². The van der Waals surface area contributed by atoms with Crippen LogP contribution in [0.15, 0.2) is 0 Å². The molecule has 92 valence electrons. The van der Waals surface area contributed by atoms with Crippen molar-refractivity contribution in [3.63, 3.8) is 0 Å². The first-order valence-corrected chi connectivity index (χ1v) is 5.95. The minimum atomic E-state index is -0.0224. The summed E-state index contributed by atoms with van der Waals surface area (Å²) in [5.74, 6) is 0.720. The Hall–Kier alpha value is -0.900. The van der Waals surface area contributed by atoms with Gasteiger partial charge in [0.1, 0.15) is 6.61 Å². The van der Waals surface area contributed by atoms with Gasteiger partial charge in [-0.1, -0.05) is 13.3 Å². The Morgan fingerprint density at radius 2 is 2.25 bits per heavy atom. The van der Waals surface area contributed by atoms with Gasteiger partial charge in [0, 0.05) is 20.1 Å². The second kappa shape index (κ2) is 6.63. The molecule has 0 spiro atoms. The van der Waals surface area contributed by atoms with Crippen LogP contribution in [0.4, 0.5) is 0 Å². The van der Waals surface area contributed by atoms with Gasteiger partial charge in [0.15, 0.2) is 5.78 Å². The summed E-state index contributed by atoms with van der Waals surface area (Å²) in [4.78, 5) is 24.8. The molecule has 0 N–H and O–H groups in total. The highest BCUT2D eigenvalue weighted by atomic mass is 16.5. The molecule has 1 fully saturated rings. The lowest BCUT2D eigenvalue weighted by Crippen LogP contribution is -2.36. The topological polar surface area (TPSA) is 46.6 Å². The molecule has 0 radical (unpaired) electrons. The van der Waals surface area contributed by atoms with Crippen LogP contribution in [-0.4, -0.2) is 43.4 Å². The summed E-state index contributed by atoms with van der Waals surface area (Å²) in [5, 5.41) is 0. The number of nitrogens with zero attached hydrogens (tertiary/aromatic N) is 1. The van der Waals surface area contributed by atoms with Gasteiger partial charge in [0.05, 0.1) is 6.54 Å². The summed E-state index contributed by atoms with van der Waals surface area (Å²) in [6.07, 6.45) is 3.68. The molecule has 0 bridgehead atoms. The minimum Gasteiger partial charge on any atom is -0.377 e. The van der Waals surface area contributed by atoms with E-state index in [2.05, 4.69) is 6.92 Å². The third-order valence-corrected chi connectivity index (χ3v) is 3.18. The molecule has 1 saturated heterocycles. The average Bonchev–Trinajstić information content (AvgIpc) is 2.43. The van der Waals surface area contributed by atoms with Crippen LogP contribution in [0.2, 0.25) is 0 Å². The minimum absolute atomic E-state index is 0.0224. The van der Waals surface area contributed by atoms with Gasteiger partial charge in [-0.25, -0.2) is 0 Å². The number of hydrogen-bond acceptors (Lipinski definition) is 3. The number of likely N-dealkylation sites (tertiary alicyclic amines) is 1.